The molecule has 1 aliphatic heterocycles. The molecule has 22 heavy (non-hydrogen) atoms. The van der Waals surface area contributed by atoms with Crippen LogP contribution < -0.4 is 0 Å². The van der Waals surface area contributed by atoms with Gasteiger partial charge in [0.05, 0.1) is 11.5 Å². The van der Waals surface area contributed by atoms with E-state index in [0.29, 0.717) is 11.7 Å². The van der Waals surface area contributed by atoms with Crippen molar-refractivity contribution in [3.05, 3.63) is 35.9 Å². The number of hydrogen-bond acceptors (Lipinski definition) is 4. The second-order valence-electron chi connectivity index (χ2n) is 6.23. The van der Waals surface area contributed by atoms with Crippen molar-refractivity contribution in [2.24, 2.45) is 0 Å². The summed E-state index contributed by atoms with van der Waals surface area (Å²) in [6, 6.07) is 8.24. The van der Waals surface area contributed by atoms with Gasteiger partial charge in [0, 0.05) is 23.1 Å². The summed E-state index contributed by atoms with van der Waals surface area (Å²) in [7, 11) is 2.15. The Kier molecular flexibility index (Phi) is 3.22. The number of aryl methyl sites for hydroxylation is 1. The summed E-state index contributed by atoms with van der Waals surface area (Å²) < 4.78 is 5.58. The van der Waals surface area contributed by atoms with Crippen molar-refractivity contribution in [3.8, 4) is 11.4 Å². The Balaban J connectivity index is 1.72. The quantitative estimate of drug-likeness (QED) is 0.788. The van der Waals surface area contributed by atoms with E-state index in [1.54, 1.807) is 0 Å². The third-order valence-corrected chi connectivity index (χ3v) is 4.53. The van der Waals surface area contributed by atoms with Gasteiger partial charge in [-0.15, -0.1) is 0 Å². The number of aromatic amines is 1. The molecule has 5 heteroatoms. The van der Waals surface area contributed by atoms with Gasteiger partial charge in [-0.1, -0.05) is 23.4 Å². The fourth-order valence-corrected chi connectivity index (χ4v) is 3.44. The van der Waals surface area contributed by atoms with Crippen LogP contribution in [0.15, 0.2) is 28.8 Å². The highest BCUT2D eigenvalue weighted by Crippen LogP contribution is 2.32. The van der Waals surface area contributed by atoms with E-state index in [-0.39, 0.29) is 0 Å². The molecule has 114 valence electrons. The molecule has 0 amide bonds. The average molecular weight is 296 g/mol. The molecule has 0 aliphatic carbocycles. The molecule has 1 aliphatic rings. The third-order valence-electron chi connectivity index (χ3n) is 4.53. The van der Waals surface area contributed by atoms with Gasteiger partial charge in [-0.3, -0.25) is 0 Å². The predicted octanol–water partition coefficient (Wildman–Crippen LogP) is 3.34. The predicted molar refractivity (Wildman–Crippen MR) is 85.8 cm³/mol. The van der Waals surface area contributed by atoms with Crippen LogP contribution in [0.1, 0.15) is 30.3 Å². The summed E-state index contributed by atoms with van der Waals surface area (Å²) in [6.45, 7) is 4.20. The number of benzene rings is 1. The van der Waals surface area contributed by atoms with Crippen molar-refractivity contribution in [3.63, 3.8) is 0 Å². The first-order chi connectivity index (χ1) is 10.7. The molecule has 3 aromatic rings. The summed E-state index contributed by atoms with van der Waals surface area (Å²) >= 11 is 0. The number of H-pyrrole nitrogens is 1. The van der Waals surface area contributed by atoms with Gasteiger partial charge in [-0.2, -0.15) is 4.98 Å². The second-order valence-corrected chi connectivity index (χ2v) is 6.23. The molecule has 3 heterocycles. The first kappa shape index (κ1) is 13.5. The number of para-hydroxylation sites is 1. The minimum atomic E-state index is 0.352. The van der Waals surface area contributed by atoms with Gasteiger partial charge in [0.1, 0.15) is 0 Å². The number of likely N-dealkylation sites (N-methyl/N-ethyl adjacent to an activating group) is 1. The zero-order valence-electron chi connectivity index (χ0n) is 13.0. The van der Waals surface area contributed by atoms with Crippen molar-refractivity contribution in [1.82, 2.24) is 20.0 Å². The Morgan fingerprint density at radius 1 is 1.32 bits per heavy atom. The zero-order chi connectivity index (χ0) is 15.1. The van der Waals surface area contributed by atoms with E-state index in [4.69, 9.17) is 9.51 Å². The Morgan fingerprint density at radius 2 is 2.18 bits per heavy atom. The van der Waals surface area contributed by atoms with Crippen LogP contribution in [0, 0.1) is 6.92 Å². The number of fused-ring (bicyclic) bond motifs is 1. The van der Waals surface area contributed by atoms with E-state index in [0.717, 1.165) is 47.6 Å². The Morgan fingerprint density at radius 3 is 3.05 bits per heavy atom. The van der Waals surface area contributed by atoms with Crippen LogP contribution in [0.5, 0.6) is 0 Å². The van der Waals surface area contributed by atoms with Crippen LogP contribution in [-0.4, -0.2) is 40.2 Å². The molecule has 0 bridgehead atoms. The maximum Gasteiger partial charge on any atom is 0.231 e. The van der Waals surface area contributed by atoms with Crippen molar-refractivity contribution < 1.29 is 4.52 Å². The Bertz CT molecular complexity index is 804. The van der Waals surface area contributed by atoms with E-state index in [1.165, 1.54) is 6.42 Å². The normalized spacial score (nSPS) is 19.8. The van der Waals surface area contributed by atoms with Crippen LogP contribution in [0.25, 0.3) is 22.3 Å². The van der Waals surface area contributed by atoms with Crippen LogP contribution in [0.3, 0.4) is 0 Å². The van der Waals surface area contributed by atoms with Crippen LogP contribution in [0.4, 0.5) is 0 Å². The summed E-state index contributed by atoms with van der Waals surface area (Å²) in [5.41, 5.74) is 3.24. The number of likely N-dealkylation sites (tertiary alicyclic amines) is 1. The molecule has 1 fully saturated rings. The first-order valence-corrected chi connectivity index (χ1v) is 7.82. The Labute approximate surface area is 129 Å². The average Bonchev–Trinajstić information content (AvgIpc) is 3.10. The van der Waals surface area contributed by atoms with E-state index < -0.39 is 0 Å². The van der Waals surface area contributed by atoms with E-state index in [9.17, 15) is 0 Å². The minimum absolute atomic E-state index is 0.352. The molecular formula is C17H20N4O. The highest BCUT2D eigenvalue weighted by Gasteiger charge is 2.25. The van der Waals surface area contributed by atoms with E-state index in [1.807, 2.05) is 12.1 Å². The van der Waals surface area contributed by atoms with Crippen LogP contribution >= 0.6 is 0 Å². The lowest BCUT2D eigenvalue weighted by atomic mass is 9.98. The topological polar surface area (TPSA) is 58.0 Å². The standard InChI is InChI=1S/C17H20N4O/c1-11-15(13-7-3-4-8-14(13)18-11)16-19-17(22-20-16)12-6-5-9-21(2)10-12/h3-4,7-8,12,18H,5-6,9-10H2,1-2H3. The number of aromatic nitrogens is 3. The molecule has 2 aromatic heterocycles. The molecule has 1 atom stereocenters. The maximum atomic E-state index is 5.58. The van der Waals surface area contributed by atoms with Gasteiger partial charge in [0.25, 0.3) is 0 Å². The molecule has 1 aromatic carbocycles. The summed E-state index contributed by atoms with van der Waals surface area (Å²) in [5, 5.41) is 5.39. The first-order valence-electron chi connectivity index (χ1n) is 7.82. The molecule has 0 saturated carbocycles. The molecule has 1 N–H and O–H groups in total. The lowest BCUT2D eigenvalue weighted by Crippen LogP contribution is -2.30. The van der Waals surface area contributed by atoms with Crippen molar-refractivity contribution in [2.75, 3.05) is 20.1 Å². The molecule has 5 nitrogen and oxygen atoms in total. The van der Waals surface area contributed by atoms with Gasteiger partial charge in [-0.25, -0.2) is 0 Å². The Hall–Kier alpha value is -2.14. The monoisotopic (exact) mass is 296 g/mol. The van der Waals surface area contributed by atoms with Gasteiger partial charge < -0.3 is 14.4 Å². The molecular weight excluding hydrogens is 276 g/mol. The zero-order valence-corrected chi connectivity index (χ0v) is 13.0. The maximum absolute atomic E-state index is 5.58. The van der Waals surface area contributed by atoms with Crippen LogP contribution in [-0.2, 0) is 0 Å². The second kappa shape index (κ2) is 5.25. The van der Waals surface area contributed by atoms with E-state index >= 15 is 0 Å². The lowest BCUT2D eigenvalue weighted by molar-refractivity contribution is 0.220. The van der Waals surface area contributed by atoms with E-state index in [2.05, 4.69) is 41.1 Å². The number of nitrogens with one attached hydrogen (secondary N) is 1. The van der Waals surface area contributed by atoms with Gasteiger partial charge >= 0.3 is 0 Å². The minimum Gasteiger partial charge on any atom is -0.358 e. The molecule has 0 spiro atoms. The third kappa shape index (κ3) is 2.22. The highest BCUT2D eigenvalue weighted by molar-refractivity contribution is 5.95. The van der Waals surface area contributed by atoms with Crippen molar-refractivity contribution in [1.29, 1.82) is 0 Å². The fraction of sp³-hybridized carbons (Fsp3) is 0.412. The summed E-state index contributed by atoms with van der Waals surface area (Å²) in [6.07, 6.45) is 2.31. The van der Waals surface area contributed by atoms with Crippen molar-refractivity contribution in [2.45, 2.75) is 25.7 Å². The number of nitrogens with zero attached hydrogens (tertiary/aromatic N) is 3. The number of hydrogen-bond donors (Lipinski definition) is 1. The largest absolute Gasteiger partial charge is 0.358 e. The molecule has 4 rings (SSSR count). The lowest BCUT2D eigenvalue weighted by Gasteiger charge is -2.27. The smallest absolute Gasteiger partial charge is 0.231 e. The van der Waals surface area contributed by atoms with Gasteiger partial charge in [-0.05, 0) is 39.4 Å². The summed E-state index contributed by atoms with van der Waals surface area (Å²) in [4.78, 5) is 10.4. The summed E-state index contributed by atoms with van der Waals surface area (Å²) in [5.74, 6) is 1.81. The van der Waals surface area contributed by atoms with Gasteiger partial charge in [0.15, 0.2) is 0 Å². The number of rotatable bonds is 2. The highest BCUT2D eigenvalue weighted by atomic mass is 16.5. The van der Waals surface area contributed by atoms with Crippen LogP contribution in [0.2, 0.25) is 0 Å². The van der Waals surface area contributed by atoms with Gasteiger partial charge in [0.2, 0.25) is 11.7 Å². The SMILES string of the molecule is Cc1[nH]c2ccccc2c1-c1noc(C2CCCN(C)C2)n1. The molecule has 1 unspecified atom stereocenters. The number of piperidine rings is 1. The van der Waals surface area contributed by atoms with Crippen molar-refractivity contribution >= 4 is 10.9 Å². The fourth-order valence-electron chi connectivity index (χ4n) is 3.44. The molecule has 0 radical (unpaired) electrons. The molecule has 1 saturated heterocycles.